The summed E-state index contributed by atoms with van der Waals surface area (Å²) in [4.78, 5) is 0. The van der Waals surface area contributed by atoms with Crippen molar-refractivity contribution >= 4 is 11.8 Å². The SMILES string of the molecule is CSC(OCC=C(C)C)c1ccccc1. The highest BCUT2D eigenvalue weighted by molar-refractivity contribution is 7.98. The van der Waals surface area contributed by atoms with E-state index in [4.69, 9.17) is 4.74 Å². The molecule has 1 aromatic rings. The average molecular weight is 222 g/mol. The molecule has 1 aromatic carbocycles. The van der Waals surface area contributed by atoms with Crippen molar-refractivity contribution in [1.29, 1.82) is 0 Å². The number of allylic oxidation sites excluding steroid dienone is 1. The number of rotatable bonds is 5. The van der Waals surface area contributed by atoms with Crippen LogP contribution in [0.15, 0.2) is 42.0 Å². The average Bonchev–Trinajstić information content (AvgIpc) is 2.25. The Balaban J connectivity index is 2.54. The fraction of sp³-hybridized carbons (Fsp3) is 0.385. The van der Waals surface area contributed by atoms with Gasteiger partial charge >= 0.3 is 0 Å². The minimum Gasteiger partial charge on any atom is -0.359 e. The lowest BCUT2D eigenvalue weighted by Gasteiger charge is -2.14. The zero-order valence-electron chi connectivity index (χ0n) is 9.57. The predicted octanol–water partition coefficient (Wildman–Crippen LogP) is 4.03. The van der Waals surface area contributed by atoms with Crippen LogP contribution >= 0.6 is 11.8 Å². The smallest absolute Gasteiger partial charge is 0.128 e. The predicted molar refractivity (Wildman–Crippen MR) is 68.1 cm³/mol. The molecule has 1 unspecified atom stereocenters. The number of hydrogen-bond donors (Lipinski definition) is 0. The Morgan fingerprint density at radius 1 is 1.33 bits per heavy atom. The maximum absolute atomic E-state index is 5.77. The van der Waals surface area contributed by atoms with Crippen LogP contribution in [-0.4, -0.2) is 12.9 Å². The molecule has 0 spiro atoms. The molecule has 0 aliphatic rings. The molecule has 1 atom stereocenters. The molecule has 0 aliphatic heterocycles. The van der Waals surface area contributed by atoms with Gasteiger partial charge in [-0.05, 0) is 25.7 Å². The van der Waals surface area contributed by atoms with E-state index in [0.717, 1.165) is 0 Å². The van der Waals surface area contributed by atoms with E-state index >= 15 is 0 Å². The highest BCUT2D eigenvalue weighted by atomic mass is 32.2. The van der Waals surface area contributed by atoms with Gasteiger partial charge in [0.2, 0.25) is 0 Å². The topological polar surface area (TPSA) is 9.23 Å². The highest BCUT2D eigenvalue weighted by Crippen LogP contribution is 2.27. The van der Waals surface area contributed by atoms with Crippen LogP contribution in [0.5, 0.6) is 0 Å². The summed E-state index contributed by atoms with van der Waals surface area (Å²) in [5.74, 6) is 0. The van der Waals surface area contributed by atoms with Crippen LogP contribution in [0, 0.1) is 0 Å². The van der Waals surface area contributed by atoms with Crippen molar-refractivity contribution in [2.75, 3.05) is 12.9 Å². The molecule has 0 heterocycles. The molecule has 0 aliphatic carbocycles. The normalized spacial score (nSPS) is 12.2. The Kier molecular flexibility index (Phi) is 5.51. The Hall–Kier alpha value is -0.730. The van der Waals surface area contributed by atoms with Gasteiger partial charge in [-0.3, -0.25) is 0 Å². The Bertz CT molecular complexity index is 302. The maximum atomic E-state index is 5.77. The van der Waals surface area contributed by atoms with Gasteiger partial charge in [0.05, 0.1) is 6.61 Å². The summed E-state index contributed by atoms with van der Waals surface area (Å²) in [6.45, 7) is 4.85. The molecule has 0 fully saturated rings. The van der Waals surface area contributed by atoms with E-state index in [1.54, 1.807) is 11.8 Å². The number of ether oxygens (including phenoxy) is 1. The minimum atomic E-state index is 0.141. The van der Waals surface area contributed by atoms with Gasteiger partial charge in [0.25, 0.3) is 0 Å². The molecule has 82 valence electrons. The van der Waals surface area contributed by atoms with Crippen LogP contribution in [0.1, 0.15) is 24.8 Å². The lowest BCUT2D eigenvalue weighted by Crippen LogP contribution is -2.00. The van der Waals surface area contributed by atoms with E-state index in [9.17, 15) is 0 Å². The summed E-state index contributed by atoms with van der Waals surface area (Å²) >= 11 is 1.72. The summed E-state index contributed by atoms with van der Waals surface area (Å²) in [5, 5.41) is 0. The molecular formula is C13H18OS. The summed E-state index contributed by atoms with van der Waals surface area (Å²) in [6, 6.07) is 10.3. The molecule has 0 aromatic heterocycles. The Morgan fingerprint density at radius 2 is 2.00 bits per heavy atom. The van der Waals surface area contributed by atoms with E-state index in [0.29, 0.717) is 6.61 Å². The second-order valence-corrected chi connectivity index (χ2v) is 4.49. The third kappa shape index (κ3) is 4.54. The van der Waals surface area contributed by atoms with Crippen LogP contribution in [-0.2, 0) is 4.74 Å². The largest absolute Gasteiger partial charge is 0.359 e. The molecule has 2 heteroatoms. The molecule has 0 saturated carbocycles. The molecule has 0 radical (unpaired) electrons. The van der Waals surface area contributed by atoms with Crippen molar-refractivity contribution < 1.29 is 4.74 Å². The third-order valence-electron chi connectivity index (χ3n) is 2.02. The molecule has 0 amide bonds. The van der Waals surface area contributed by atoms with Gasteiger partial charge in [0.15, 0.2) is 0 Å². The van der Waals surface area contributed by atoms with Gasteiger partial charge in [-0.25, -0.2) is 0 Å². The molecule has 0 bridgehead atoms. The van der Waals surface area contributed by atoms with Crippen molar-refractivity contribution in [3.05, 3.63) is 47.5 Å². The first-order valence-electron chi connectivity index (χ1n) is 5.06. The Labute approximate surface area is 96.5 Å². The molecule has 1 nitrogen and oxygen atoms in total. The van der Waals surface area contributed by atoms with Crippen molar-refractivity contribution in [1.82, 2.24) is 0 Å². The summed E-state index contributed by atoms with van der Waals surface area (Å²) in [5.41, 5.74) is 2.66. The first-order valence-corrected chi connectivity index (χ1v) is 6.35. The second-order valence-electron chi connectivity index (χ2n) is 3.59. The zero-order chi connectivity index (χ0) is 11.1. The van der Waals surface area contributed by atoms with Crippen molar-refractivity contribution in [3.63, 3.8) is 0 Å². The van der Waals surface area contributed by atoms with Gasteiger partial charge in [0.1, 0.15) is 5.44 Å². The number of thioether (sulfide) groups is 1. The zero-order valence-corrected chi connectivity index (χ0v) is 10.4. The fourth-order valence-electron chi connectivity index (χ4n) is 1.21. The lowest BCUT2D eigenvalue weighted by molar-refractivity contribution is 0.140. The fourth-order valence-corrected chi connectivity index (χ4v) is 1.86. The summed E-state index contributed by atoms with van der Waals surface area (Å²) < 4.78 is 5.77. The molecule has 0 saturated heterocycles. The summed E-state index contributed by atoms with van der Waals surface area (Å²) in [7, 11) is 0. The molecule has 1 rings (SSSR count). The van der Waals surface area contributed by atoms with Crippen LogP contribution in [0.25, 0.3) is 0 Å². The van der Waals surface area contributed by atoms with Crippen molar-refractivity contribution in [2.45, 2.75) is 19.3 Å². The van der Waals surface area contributed by atoms with Crippen LogP contribution in [0.4, 0.5) is 0 Å². The molecule has 15 heavy (non-hydrogen) atoms. The summed E-state index contributed by atoms with van der Waals surface area (Å²) in [6.07, 6.45) is 4.17. The second kappa shape index (κ2) is 6.70. The van der Waals surface area contributed by atoms with E-state index < -0.39 is 0 Å². The first-order chi connectivity index (χ1) is 7.24. The highest BCUT2D eigenvalue weighted by Gasteiger charge is 2.08. The number of hydrogen-bond acceptors (Lipinski definition) is 2. The first kappa shape index (κ1) is 12.3. The van der Waals surface area contributed by atoms with Gasteiger partial charge in [-0.15, -0.1) is 11.8 Å². The van der Waals surface area contributed by atoms with Crippen molar-refractivity contribution in [3.8, 4) is 0 Å². The van der Waals surface area contributed by atoms with Crippen molar-refractivity contribution in [2.24, 2.45) is 0 Å². The standard InChI is InChI=1S/C13H18OS/c1-11(2)9-10-14-13(15-3)12-7-5-4-6-8-12/h4-9,13H,10H2,1-3H3. The van der Waals surface area contributed by atoms with E-state index in [2.05, 4.69) is 38.3 Å². The Morgan fingerprint density at radius 3 is 2.53 bits per heavy atom. The minimum absolute atomic E-state index is 0.141. The van der Waals surface area contributed by atoms with Crippen LogP contribution in [0.2, 0.25) is 0 Å². The molecule has 0 N–H and O–H groups in total. The van der Waals surface area contributed by atoms with Crippen LogP contribution < -0.4 is 0 Å². The number of benzene rings is 1. The monoisotopic (exact) mass is 222 g/mol. The van der Waals surface area contributed by atoms with E-state index in [1.807, 2.05) is 18.2 Å². The maximum Gasteiger partial charge on any atom is 0.128 e. The van der Waals surface area contributed by atoms with Gasteiger partial charge in [0, 0.05) is 0 Å². The lowest BCUT2D eigenvalue weighted by atomic mass is 10.2. The molecular weight excluding hydrogens is 204 g/mol. The van der Waals surface area contributed by atoms with E-state index in [-0.39, 0.29) is 5.44 Å². The van der Waals surface area contributed by atoms with Gasteiger partial charge in [-0.1, -0.05) is 42.0 Å². The van der Waals surface area contributed by atoms with E-state index in [1.165, 1.54) is 11.1 Å². The third-order valence-corrected chi connectivity index (χ3v) is 2.86. The van der Waals surface area contributed by atoms with Gasteiger partial charge in [-0.2, -0.15) is 0 Å². The quantitative estimate of drug-likeness (QED) is 0.549. The van der Waals surface area contributed by atoms with Gasteiger partial charge < -0.3 is 4.74 Å². The van der Waals surface area contributed by atoms with Crippen LogP contribution in [0.3, 0.4) is 0 Å².